The van der Waals surface area contributed by atoms with Gasteiger partial charge in [-0.25, -0.2) is 0 Å². The molecule has 12 rings (SSSR count). The van der Waals surface area contributed by atoms with Crippen molar-refractivity contribution >= 4 is 93.3 Å². The molecule has 2 aromatic heterocycles. The summed E-state index contributed by atoms with van der Waals surface area (Å²) in [6.45, 7) is 0. The molecule has 0 N–H and O–H groups in total. The molecule has 3 nitrogen and oxygen atoms in total. The zero-order chi connectivity index (χ0) is 37.5. The monoisotopic (exact) mass is 727 g/mol. The number of rotatable bonds is 5. The van der Waals surface area contributed by atoms with Gasteiger partial charge in [0.2, 0.25) is 0 Å². The van der Waals surface area contributed by atoms with Gasteiger partial charge in [0.1, 0.15) is 22.3 Å². The lowest BCUT2D eigenvalue weighted by Crippen LogP contribution is -2.11. The van der Waals surface area contributed by atoms with E-state index in [9.17, 15) is 0 Å². The van der Waals surface area contributed by atoms with Crippen LogP contribution >= 0.6 is 0 Å². The number of hydrogen-bond donors (Lipinski definition) is 0. The highest BCUT2D eigenvalue weighted by Gasteiger charge is 2.26. The summed E-state index contributed by atoms with van der Waals surface area (Å²) in [7, 11) is 0. The quantitative estimate of drug-likeness (QED) is 0.165. The van der Waals surface area contributed by atoms with Crippen LogP contribution in [0.25, 0.3) is 98.4 Å². The summed E-state index contributed by atoms with van der Waals surface area (Å²) >= 11 is 0. The zero-order valence-corrected chi connectivity index (χ0v) is 30.8. The van der Waals surface area contributed by atoms with Crippen LogP contribution in [0.5, 0.6) is 0 Å². The van der Waals surface area contributed by atoms with Crippen molar-refractivity contribution in [1.82, 2.24) is 0 Å². The van der Waals surface area contributed by atoms with Crippen LogP contribution in [-0.2, 0) is 0 Å². The first-order chi connectivity index (χ1) is 28.3. The molecule has 266 valence electrons. The van der Waals surface area contributed by atoms with Gasteiger partial charge in [0, 0.05) is 38.5 Å². The summed E-state index contributed by atoms with van der Waals surface area (Å²) in [5, 5.41) is 11.4. The van der Waals surface area contributed by atoms with Gasteiger partial charge in [-0.1, -0.05) is 140 Å². The molecule has 0 saturated heterocycles. The molecule has 0 unspecified atom stereocenters. The molecular weight excluding hydrogens is 695 g/mol. The first-order valence-electron chi connectivity index (χ1n) is 19.4. The van der Waals surface area contributed by atoms with Crippen LogP contribution in [0.15, 0.2) is 209 Å². The fourth-order valence-electron chi connectivity index (χ4n) is 9.02. The Hall–Kier alpha value is -7.62. The Bertz CT molecular complexity index is 3520. The molecule has 0 aliphatic carbocycles. The Kier molecular flexibility index (Phi) is 6.93. The van der Waals surface area contributed by atoms with Gasteiger partial charge in [0.05, 0.1) is 5.69 Å². The standard InChI is InChI=1S/C54H33NO2/c1-2-12-34(13-3-1)36-22-25-39(26-23-36)55(40-27-24-35-14-4-5-15-37(35)32-40)47-29-28-45-53-50(31-30-49-52(53)44-20-10-11-21-48(44)56-49)57-54(45)51(47)46-33-38-16-6-7-17-41(38)42-18-8-9-19-43(42)46/h1-33H. The summed E-state index contributed by atoms with van der Waals surface area (Å²) in [6, 6.07) is 71.6. The van der Waals surface area contributed by atoms with Crippen LogP contribution in [0.1, 0.15) is 0 Å². The molecule has 0 amide bonds. The van der Waals surface area contributed by atoms with Gasteiger partial charge in [0.25, 0.3) is 0 Å². The average molecular weight is 728 g/mol. The molecule has 0 bridgehead atoms. The highest BCUT2D eigenvalue weighted by atomic mass is 16.3. The summed E-state index contributed by atoms with van der Waals surface area (Å²) < 4.78 is 13.6. The third-order valence-corrected chi connectivity index (χ3v) is 11.6. The van der Waals surface area contributed by atoms with Crippen molar-refractivity contribution in [3.8, 4) is 22.3 Å². The van der Waals surface area contributed by atoms with E-state index in [4.69, 9.17) is 8.83 Å². The van der Waals surface area contributed by atoms with Gasteiger partial charge in [-0.3, -0.25) is 0 Å². The minimum atomic E-state index is 0.831. The predicted octanol–water partition coefficient (Wildman–Crippen LogP) is 15.7. The van der Waals surface area contributed by atoms with Crippen molar-refractivity contribution in [1.29, 1.82) is 0 Å². The normalized spacial score (nSPS) is 11.9. The van der Waals surface area contributed by atoms with Gasteiger partial charge < -0.3 is 13.7 Å². The molecule has 57 heavy (non-hydrogen) atoms. The van der Waals surface area contributed by atoms with Gasteiger partial charge in [-0.2, -0.15) is 0 Å². The molecule has 3 heteroatoms. The summed E-state index contributed by atoms with van der Waals surface area (Å²) in [6.07, 6.45) is 0. The van der Waals surface area contributed by atoms with Crippen molar-refractivity contribution in [3.05, 3.63) is 200 Å². The number of benzene rings is 10. The maximum absolute atomic E-state index is 7.17. The Labute approximate surface area is 328 Å². The molecule has 12 aromatic rings. The van der Waals surface area contributed by atoms with Gasteiger partial charge in [-0.05, 0) is 110 Å². The van der Waals surface area contributed by atoms with Crippen molar-refractivity contribution in [2.24, 2.45) is 0 Å². The minimum absolute atomic E-state index is 0.831. The number of para-hydroxylation sites is 1. The van der Waals surface area contributed by atoms with Crippen LogP contribution in [0.3, 0.4) is 0 Å². The summed E-state index contributed by atoms with van der Waals surface area (Å²) in [5.41, 5.74) is 11.0. The zero-order valence-electron chi connectivity index (χ0n) is 30.8. The van der Waals surface area contributed by atoms with Gasteiger partial charge in [-0.15, -0.1) is 0 Å². The van der Waals surface area contributed by atoms with Crippen LogP contribution in [0.2, 0.25) is 0 Å². The van der Waals surface area contributed by atoms with Crippen molar-refractivity contribution in [2.45, 2.75) is 0 Å². The van der Waals surface area contributed by atoms with Crippen LogP contribution < -0.4 is 4.90 Å². The van der Waals surface area contributed by atoms with E-state index in [0.29, 0.717) is 0 Å². The molecule has 0 atom stereocenters. The second kappa shape index (κ2) is 12.5. The van der Waals surface area contributed by atoms with Crippen LogP contribution in [-0.4, -0.2) is 0 Å². The van der Waals surface area contributed by atoms with E-state index in [1.54, 1.807) is 0 Å². The van der Waals surface area contributed by atoms with E-state index in [1.165, 1.54) is 43.4 Å². The minimum Gasteiger partial charge on any atom is -0.456 e. The molecule has 0 aliphatic rings. The Balaban J connectivity index is 1.22. The van der Waals surface area contributed by atoms with E-state index in [1.807, 2.05) is 18.2 Å². The highest BCUT2D eigenvalue weighted by Crippen LogP contribution is 2.51. The molecule has 0 fully saturated rings. The lowest BCUT2D eigenvalue weighted by Gasteiger charge is -2.29. The van der Waals surface area contributed by atoms with Crippen molar-refractivity contribution < 1.29 is 8.83 Å². The lowest BCUT2D eigenvalue weighted by atomic mass is 9.90. The second-order valence-electron chi connectivity index (χ2n) is 14.8. The second-order valence-corrected chi connectivity index (χ2v) is 14.8. The molecule has 0 saturated carbocycles. The fraction of sp³-hybridized carbons (Fsp3) is 0. The van der Waals surface area contributed by atoms with Gasteiger partial charge in [0.15, 0.2) is 0 Å². The molecule has 2 heterocycles. The summed E-state index contributed by atoms with van der Waals surface area (Å²) in [5.74, 6) is 0. The molecule has 0 radical (unpaired) electrons. The topological polar surface area (TPSA) is 29.5 Å². The van der Waals surface area contributed by atoms with E-state index in [-0.39, 0.29) is 0 Å². The first kappa shape index (κ1) is 31.7. The highest BCUT2D eigenvalue weighted by molar-refractivity contribution is 6.28. The number of anilines is 3. The SMILES string of the molecule is c1ccc(-c2ccc(N(c3ccc4ccccc4c3)c3ccc4c(oc5ccc6oc7ccccc7c6c54)c3-c3cc4ccccc4c4ccccc34)cc2)cc1. The van der Waals surface area contributed by atoms with Gasteiger partial charge >= 0.3 is 0 Å². The number of furan rings is 2. The third-order valence-electron chi connectivity index (χ3n) is 11.6. The Morgan fingerprint density at radius 1 is 0.333 bits per heavy atom. The smallest absolute Gasteiger partial charge is 0.145 e. The number of nitrogens with zero attached hydrogens (tertiary/aromatic N) is 1. The molecular formula is C54H33NO2. The maximum atomic E-state index is 7.17. The van der Waals surface area contributed by atoms with E-state index in [2.05, 4.69) is 187 Å². The number of hydrogen-bond acceptors (Lipinski definition) is 3. The van der Waals surface area contributed by atoms with E-state index < -0.39 is 0 Å². The first-order valence-corrected chi connectivity index (χ1v) is 19.4. The van der Waals surface area contributed by atoms with Crippen LogP contribution in [0, 0.1) is 0 Å². The largest absolute Gasteiger partial charge is 0.456 e. The number of fused-ring (bicyclic) bond motifs is 11. The van der Waals surface area contributed by atoms with Crippen LogP contribution in [0.4, 0.5) is 17.1 Å². The Morgan fingerprint density at radius 2 is 0.947 bits per heavy atom. The molecule has 10 aromatic carbocycles. The molecule has 0 aliphatic heterocycles. The lowest BCUT2D eigenvalue weighted by molar-refractivity contribution is 0.663. The van der Waals surface area contributed by atoms with E-state index in [0.717, 1.165) is 72.1 Å². The van der Waals surface area contributed by atoms with Crippen molar-refractivity contribution in [2.75, 3.05) is 4.90 Å². The average Bonchev–Trinajstić information content (AvgIpc) is 3.85. The predicted molar refractivity (Wildman–Crippen MR) is 239 cm³/mol. The third kappa shape index (κ3) is 4.92. The van der Waals surface area contributed by atoms with Crippen molar-refractivity contribution in [3.63, 3.8) is 0 Å². The fourth-order valence-corrected chi connectivity index (χ4v) is 9.02. The Morgan fingerprint density at radius 3 is 1.77 bits per heavy atom. The maximum Gasteiger partial charge on any atom is 0.145 e. The van der Waals surface area contributed by atoms with E-state index >= 15 is 0 Å². The summed E-state index contributed by atoms with van der Waals surface area (Å²) in [4.78, 5) is 2.40. The molecule has 0 spiro atoms.